The normalized spacial score (nSPS) is 11.9. The Bertz CT molecular complexity index is 583. The van der Waals surface area contributed by atoms with Gasteiger partial charge >= 0.3 is 0 Å². The molecule has 0 aliphatic rings. The lowest BCUT2D eigenvalue weighted by molar-refractivity contribution is 0.0931. The molecular weight excluding hydrogens is 278 g/mol. The topological polar surface area (TPSA) is 29.1 Å². The minimum atomic E-state index is 0.00209. The minimum absolute atomic E-state index is 0.00209. The monoisotopic (exact) mass is 299 g/mol. The van der Waals surface area contributed by atoms with Crippen molar-refractivity contribution in [3.8, 4) is 0 Å². The van der Waals surface area contributed by atoms with E-state index in [4.69, 9.17) is 0 Å². The predicted octanol–water partition coefficient (Wildman–Crippen LogP) is 4.68. The Labute approximate surface area is 131 Å². The number of hydrogen-bond acceptors (Lipinski definition) is 2. The van der Waals surface area contributed by atoms with Crippen LogP contribution in [-0.4, -0.2) is 12.2 Å². The van der Waals surface area contributed by atoms with Crippen molar-refractivity contribution in [2.45, 2.75) is 30.7 Å². The number of thioether (sulfide) groups is 1. The van der Waals surface area contributed by atoms with E-state index >= 15 is 0 Å². The van der Waals surface area contributed by atoms with Gasteiger partial charge in [0.15, 0.2) is 0 Å². The fourth-order valence-corrected chi connectivity index (χ4v) is 2.96. The van der Waals surface area contributed by atoms with Crippen molar-refractivity contribution in [3.63, 3.8) is 0 Å². The van der Waals surface area contributed by atoms with Gasteiger partial charge < -0.3 is 5.32 Å². The molecule has 1 N–H and O–H groups in total. The van der Waals surface area contributed by atoms with E-state index in [-0.39, 0.29) is 11.9 Å². The van der Waals surface area contributed by atoms with Crippen LogP contribution in [0.15, 0.2) is 59.5 Å². The first-order chi connectivity index (χ1) is 10.3. The smallest absolute Gasteiger partial charge is 0.252 e. The van der Waals surface area contributed by atoms with E-state index in [0.717, 1.165) is 28.9 Å². The third-order valence-corrected chi connectivity index (χ3v) is 4.23. The average molecular weight is 299 g/mol. The Kier molecular flexibility index (Phi) is 5.88. The van der Waals surface area contributed by atoms with E-state index in [1.54, 1.807) is 11.8 Å². The van der Waals surface area contributed by atoms with Crippen molar-refractivity contribution in [3.05, 3.63) is 65.7 Å². The van der Waals surface area contributed by atoms with Gasteiger partial charge in [-0.25, -0.2) is 0 Å². The van der Waals surface area contributed by atoms with E-state index < -0.39 is 0 Å². The van der Waals surface area contributed by atoms with Gasteiger partial charge in [-0.3, -0.25) is 4.79 Å². The first kappa shape index (κ1) is 15.6. The average Bonchev–Trinajstić information content (AvgIpc) is 2.55. The van der Waals surface area contributed by atoms with Gasteiger partial charge in [0.05, 0.1) is 11.6 Å². The molecule has 0 fully saturated rings. The highest BCUT2D eigenvalue weighted by molar-refractivity contribution is 7.98. The van der Waals surface area contributed by atoms with Crippen LogP contribution in [0.5, 0.6) is 0 Å². The summed E-state index contributed by atoms with van der Waals surface area (Å²) in [6.07, 6.45) is 3.97. The largest absolute Gasteiger partial charge is 0.345 e. The van der Waals surface area contributed by atoms with Crippen molar-refractivity contribution >= 4 is 17.7 Å². The van der Waals surface area contributed by atoms with Gasteiger partial charge in [0.2, 0.25) is 0 Å². The van der Waals surface area contributed by atoms with Crippen LogP contribution in [0.25, 0.3) is 0 Å². The highest BCUT2D eigenvalue weighted by atomic mass is 32.2. The highest BCUT2D eigenvalue weighted by Gasteiger charge is 2.16. The maximum atomic E-state index is 12.6. The SMILES string of the molecule is CCC[C@H](NC(=O)c1ccccc1SC)c1ccccc1. The summed E-state index contributed by atoms with van der Waals surface area (Å²) in [6.45, 7) is 2.14. The van der Waals surface area contributed by atoms with Crippen molar-refractivity contribution in [1.82, 2.24) is 5.32 Å². The van der Waals surface area contributed by atoms with Gasteiger partial charge in [-0.15, -0.1) is 11.8 Å². The lowest BCUT2D eigenvalue weighted by Gasteiger charge is -2.19. The molecule has 0 saturated carbocycles. The molecule has 110 valence electrons. The lowest BCUT2D eigenvalue weighted by atomic mass is 10.0. The molecule has 0 unspecified atom stereocenters. The summed E-state index contributed by atoms with van der Waals surface area (Å²) in [7, 11) is 0. The fourth-order valence-electron chi connectivity index (χ4n) is 2.36. The summed E-state index contributed by atoms with van der Waals surface area (Å²) in [5.74, 6) is 0.00209. The van der Waals surface area contributed by atoms with E-state index in [0.29, 0.717) is 0 Å². The summed E-state index contributed by atoms with van der Waals surface area (Å²) in [5, 5.41) is 3.17. The number of rotatable bonds is 6. The lowest BCUT2D eigenvalue weighted by Crippen LogP contribution is -2.28. The molecule has 2 rings (SSSR count). The zero-order valence-electron chi connectivity index (χ0n) is 12.5. The second kappa shape index (κ2) is 7.89. The van der Waals surface area contributed by atoms with Crippen molar-refractivity contribution in [2.75, 3.05) is 6.26 Å². The number of carbonyl (C=O) groups is 1. The molecule has 0 spiro atoms. The zero-order chi connectivity index (χ0) is 15.1. The summed E-state index contributed by atoms with van der Waals surface area (Å²) in [5.41, 5.74) is 1.91. The van der Waals surface area contributed by atoms with Gasteiger partial charge in [-0.05, 0) is 30.4 Å². The van der Waals surface area contributed by atoms with Crippen LogP contribution >= 0.6 is 11.8 Å². The van der Waals surface area contributed by atoms with Crippen molar-refractivity contribution in [2.24, 2.45) is 0 Å². The second-order valence-corrected chi connectivity index (χ2v) is 5.77. The van der Waals surface area contributed by atoms with E-state index in [1.807, 2.05) is 48.7 Å². The molecule has 1 atom stereocenters. The number of benzene rings is 2. The Morgan fingerprint density at radius 1 is 1.10 bits per heavy atom. The molecule has 2 aromatic rings. The van der Waals surface area contributed by atoms with Gasteiger partial charge in [-0.2, -0.15) is 0 Å². The van der Waals surface area contributed by atoms with E-state index in [1.165, 1.54) is 0 Å². The third kappa shape index (κ3) is 4.11. The molecule has 0 radical (unpaired) electrons. The van der Waals surface area contributed by atoms with Crippen molar-refractivity contribution in [1.29, 1.82) is 0 Å². The molecule has 0 aliphatic carbocycles. The van der Waals surface area contributed by atoms with Gasteiger partial charge in [0, 0.05) is 4.90 Å². The summed E-state index contributed by atoms with van der Waals surface area (Å²) < 4.78 is 0. The van der Waals surface area contributed by atoms with Crippen LogP contribution < -0.4 is 5.32 Å². The standard InChI is InChI=1S/C18H21NOS/c1-3-9-16(14-10-5-4-6-11-14)19-18(20)15-12-7-8-13-17(15)21-2/h4-8,10-13,16H,3,9H2,1-2H3,(H,19,20)/t16-/m0/s1. The molecule has 0 bridgehead atoms. The number of carbonyl (C=O) groups excluding carboxylic acids is 1. The predicted molar refractivity (Wildman–Crippen MR) is 89.8 cm³/mol. The zero-order valence-corrected chi connectivity index (χ0v) is 13.3. The van der Waals surface area contributed by atoms with Gasteiger partial charge in [0.25, 0.3) is 5.91 Å². The summed E-state index contributed by atoms with van der Waals surface area (Å²) >= 11 is 1.60. The molecule has 2 aromatic carbocycles. The second-order valence-electron chi connectivity index (χ2n) is 4.93. The molecule has 3 heteroatoms. The molecule has 21 heavy (non-hydrogen) atoms. The Morgan fingerprint density at radius 2 is 1.76 bits per heavy atom. The quantitative estimate of drug-likeness (QED) is 0.785. The molecular formula is C18H21NOS. The molecule has 0 aliphatic heterocycles. The Hall–Kier alpha value is -1.74. The van der Waals surface area contributed by atoms with E-state index in [9.17, 15) is 4.79 Å². The summed E-state index contributed by atoms with van der Waals surface area (Å²) in [4.78, 5) is 13.6. The Morgan fingerprint density at radius 3 is 2.43 bits per heavy atom. The molecule has 2 nitrogen and oxygen atoms in total. The van der Waals surface area contributed by atoms with Crippen LogP contribution in [0.4, 0.5) is 0 Å². The number of hydrogen-bond donors (Lipinski definition) is 1. The first-order valence-electron chi connectivity index (χ1n) is 7.25. The van der Waals surface area contributed by atoms with Crippen LogP contribution in [0.3, 0.4) is 0 Å². The number of amides is 1. The van der Waals surface area contributed by atoms with Gasteiger partial charge in [-0.1, -0.05) is 55.8 Å². The molecule has 0 aromatic heterocycles. The first-order valence-corrected chi connectivity index (χ1v) is 8.47. The highest BCUT2D eigenvalue weighted by Crippen LogP contribution is 2.23. The third-order valence-electron chi connectivity index (χ3n) is 3.44. The maximum Gasteiger partial charge on any atom is 0.252 e. The maximum absolute atomic E-state index is 12.6. The van der Waals surface area contributed by atoms with Crippen LogP contribution in [0.1, 0.15) is 41.7 Å². The van der Waals surface area contributed by atoms with Crippen LogP contribution in [0.2, 0.25) is 0 Å². The van der Waals surface area contributed by atoms with E-state index in [2.05, 4.69) is 24.4 Å². The fraction of sp³-hybridized carbons (Fsp3) is 0.278. The molecule has 0 heterocycles. The number of nitrogens with one attached hydrogen (secondary N) is 1. The minimum Gasteiger partial charge on any atom is -0.345 e. The molecule has 0 saturated heterocycles. The molecule has 1 amide bonds. The van der Waals surface area contributed by atoms with Crippen LogP contribution in [-0.2, 0) is 0 Å². The Balaban J connectivity index is 2.19. The summed E-state index contributed by atoms with van der Waals surface area (Å²) in [6, 6.07) is 18.0. The van der Waals surface area contributed by atoms with Gasteiger partial charge in [0.1, 0.15) is 0 Å². The van der Waals surface area contributed by atoms with Crippen molar-refractivity contribution < 1.29 is 4.79 Å². The van der Waals surface area contributed by atoms with Crippen LogP contribution in [0, 0.1) is 0 Å².